The lowest BCUT2D eigenvalue weighted by Crippen LogP contribution is -2.19. The van der Waals surface area contributed by atoms with Gasteiger partial charge >= 0.3 is 0 Å². The van der Waals surface area contributed by atoms with Gasteiger partial charge in [-0.15, -0.1) is 0 Å². The first-order chi connectivity index (χ1) is 14.2. The molecule has 0 radical (unpaired) electrons. The van der Waals surface area contributed by atoms with Crippen LogP contribution in [0.2, 0.25) is 0 Å². The van der Waals surface area contributed by atoms with Crippen LogP contribution in [0.25, 0.3) is 10.8 Å². The molecule has 0 amide bonds. The number of hydrogen-bond donors (Lipinski definition) is 1. The first kappa shape index (κ1) is 19.5. The number of nitrogens with one attached hydrogen (secondary N) is 1. The van der Waals surface area contributed by atoms with E-state index in [2.05, 4.69) is 79.0 Å². The molecule has 0 heterocycles. The third kappa shape index (κ3) is 4.63. The molecule has 4 rings (SSSR count). The SMILES string of the molecule is COc1ccc(CNC(C)c2cccc3ccccc23)cc1OC1C=CCCC1. The molecule has 1 aliphatic carbocycles. The second-order valence-corrected chi connectivity index (χ2v) is 7.67. The molecule has 3 aromatic rings. The molecule has 3 nitrogen and oxygen atoms in total. The van der Waals surface area contributed by atoms with Crippen molar-refractivity contribution in [2.45, 2.75) is 44.9 Å². The summed E-state index contributed by atoms with van der Waals surface area (Å²) in [5, 5.41) is 6.25. The number of allylic oxidation sites excluding steroid dienone is 1. The Morgan fingerprint density at radius 1 is 1.03 bits per heavy atom. The summed E-state index contributed by atoms with van der Waals surface area (Å²) in [7, 11) is 1.69. The number of ether oxygens (including phenoxy) is 2. The maximum absolute atomic E-state index is 6.23. The molecule has 2 atom stereocenters. The molecule has 0 aliphatic heterocycles. The third-order valence-electron chi connectivity index (χ3n) is 5.62. The first-order valence-corrected chi connectivity index (χ1v) is 10.5. The van der Waals surface area contributed by atoms with Crippen LogP contribution in [-0.4, -0.2) is 13.2 Å². The Labute approximate surface area is 173 Å². The highest BCUT2D eigenvalue weighted by atomic mass is 16.5. The highest BCUT2D eigenvalue weighted by molar-refractivity contribution is 5.86. The van der Waals surface area contributed by atoms with Crippen LogP contribution in [0, 0.1) is 0 Å². The highest BCUT2D eigenvalue weighted by Crippen LogP contribution is 2.31. The molecule has 2 unspecified atom stereocenters. The largest absolute Gasteiger partial charge is 0.493 e. The molecule has 3 heteroatoms. The fourth-order valence-electron chi connectivity index (χ4n) is 3.97. The molecule has 0 bridgehead atoms. The summed E-state index contributed by atoms with van der Waals surface area (Å²) >= 11 is 0. The second-order valence-electron chi connectivity index (χ2n) is 7.67. The molecule has 0 fully saturated rings. The van der Waals surface area contributed by atoms with Gasteiger partial charge in [-0.2, -0.15) is 0 Å². The van der Waals surface area contributed by atoms with E-state index in [1.54, 1.807) is 7.11 Å². The van der Waals surface area contributed by atoms with Crippen LogP contribution < -0.4 is 14.8 Å². The Bertz CT molecular complexity index is 990. The van der Waals surface area contributed by atoms with E-state index in [0.717, 1.165) is 30.9 Å². The minimum Gasteiger partial charge on any atom is -0.493 e. The van der Waals surface area contributed by atoms with E-state index in [1.165, 1.54) is 28.3 Å². The van der Waals surface area contributed by atoms with Crippen molar-refractivity contribution in [3.63, 3.8) is 0 Å². The lowest BCUT2D eigenvalue weighted by molar-refractivity contribution is 0.219. The maximum Gasteiger partial charge on any atom is 0.162 e. The number of methoxy groups -OCH3 is 1. The monoisotopic (exact) mass is 387 g/mol. The van der Waals surface area contributed by atoms with Crippen molar-refractivity contribution < 1.29 is 9.47 Å². The number of fused-ring (bicyclic) bond motifs is 1. The van der Waals surface area contributed by atoms with E-state index in [0.29, 0.717) is 0 Å². The number of hydrogen-bond acceptors (Lipinski definition) is 3. The Morgan fingerprint density at radius 2 is 1.90 bits per heavy atom. The van der Waals surface area contributed by atoms with Gasteiger partial charge in [0, 0.05) is 12.6 Å². The quantitative estimate of drug-likeness (QED) is 0.491. The molecule has 29 heavy (non-hydrogen) atoms. The number of benzene rings is 3. The number of rotatable bonds is 7. The van der Waals surface area contributed by atoms with E-state index in [1.807, 2.05) is 6.07 Å². The topological polar surface area (TPSA) is 30.5 Å². The fourth-order valence-corrected chi connectivity index (χ4v) is 3.97. The van der Waals surface area contributed by atoms with Crippen LogP contribution in [0.5, 0.6) is 11.5 Å². The average Bonchev–Trinajstić information content (AvgIpc) is 2.78. The lowest BCUT2D eigenvalue weighted by atomic mass is 9.99. The van der Waals surface area contributed by atoms with E-state index in [4.69, 9.17) is 9.47 Å². The molecule has 0 aromatic heterocycles. The van der Waals surface area contributed by atoms with Gasteiger partial charge in [0.15, 0.2) is 11.5 Å². The van der Waals surface area contributed by atoms with Gasteiger partial charge in [0.05, 0.1) is 7.11 Å². The second kappa shape index (κ2) is 9.15. The molecule has 0 saturated heterocycles. The Kier molecular flexibility index (Phi) is 6.16. The standard InChI is InChI=1S/C26H29NO2/c1-19(23-14-8-10-21-9-6-7-13-24(21)23)27-18-20-15-16-25(28-2)26(17-20)29-22-11-4-3-5-12-22/h4,6-11,13-17,19,22,27H,3,5,12,18H2,1-2H3. The van der Waals surface area contributed by atoms with Crippen molar-refractivity contribution in [1.82, 2.24) is 5.32 Å². The zero-order valence-electron chi connectivity index (χ0n) is 17.2. The Morgan fingerprint density at radius 3 is 2.72 bits per heavy atom. The van der Waals surface area contributed by atoms with Crippen LogP contribution in [0.1, 0.15) is 43.4 Å². The van der Waals surface area contributed by atoms with Crippen LogP contribution in [-0.2, 0) is 6.54 Å². The Balaban J connectivity index is 1.48. The van der Waals surface area contributed by atoms with Gasteiger partial charge in [-0.25, -0.2) is 0 Å². The predicted molar refractivity (Wildman–Crippen MR) is 120 cm³/mol. The van der Waals surface area contributed by atoms with Gasteiger partial charge in [-0.3, -0.25) is 0 Å². The molecule has 150 valence electrons. The molecular formula is C26H29NO2. The predicted octanol–water partition coefficient (Wildman–Crippen LogP) is 6.19. The minimum absolute atomic E-state index is 0.135. The molecule has 1 N–H and O–H groups in total. The van der Waals surface area contributed by atoms with Crippen molar-refractivity contribution in [1.29, 1.82) is 0 Å². The van der Waals surface area contributed by atoms with Crippen LogP contribution in [0.4, 0.5) is 0 Å². The first-order valence-electron chi connectivity index (χ1n) is 10.5. The smallest absolute Gasteiger partial charge is 0.162 e. The van der Waals surface area contributed by atoms with Crippen molar-refractivity contribution >= 4 is 10.8 Å². The van der Waals surface area contributed by atoms with Gasteiger partial charge in [-0.1, -0.05) is 54.6 Å². The third-order valence-corrected chi connectivity index (χ3v) is 5.62. The van der Waals surface area contributed by atoms with Gasteiger partial charge in [-0.05, 0) is 66.3 Å². The average molecular weight is 388 g/mol. The zero-order chi connectivity index (χ0) is 20.1. The minimum atomic E-state index is 0.135. The van der Waals surface area contributed by atoms with E-state index >= 15 is 0 Å². The van der Waals surface area contributed by atoms with Gasteiger partial charge < -0.3 is 14.8 Å². The Hall–Kier alpha value is -2.78. The van der Waals surface area contributed by atoms with Crippen molar-refractivity contribution in [2.75, 3.05) is 7.11 Å². The van der Waals surface area contributed by atoms with E-state index in [9.17, 15) is 0 Å². The van der Waals surface area contributed by atoms with Crippen LogP contribution in [0.15, 0.2) is 72.8 Å². The van der Waals surface area contributed by atoms with E-state index in [-0.39, 0.29) is 12.1 Å². The summed E-state index contributed by atoms with van der Waals surface area (Å²) in [6.07, 6.45) is 7.88. The maximum atomic E-state index is 6.23. The zero-order valence-corrected chi connectivity index (χ0v) is 17.2. The summed E-state index contributed by atoms with van der Waals surface area (Å²) < 4.78 is 11.7. The highest BCUT2D eigenvalue weighted by Gasteiger charge is 2.14. The van der Waals surface area contributed by atoms with Gasteiger partial charge in [0.2, 0.25) is 0 Å². The fraction of sp³-hybridized carbons (Fsp3) is 0.308. The molecule has 1 aliphatic rings. The van der Waals surface area contributed by atoms with Gasteiger partial charge in [0.25, 0.3) is 0 Å². The summed E-state index contributed by atoms with van der Waals surface area (Å²) in [6.45, 7) is 2.99. The van der Waals surface area contributed by atoms with Crippen LogP contribution in [0.3, 0.4) is 0 Å². The summed E-state index contributed by atoms with van der Waals surface area (Å²) in [4.78, 5) is 0. The normalized spacial score (nSPS) is 17.2. The summed E-state index contributed by atoms with van der Waals surface area (Å²) in [5.74, 6) is 1.61. The summed E-state index contributed by atoms with van der Waals surface area (Å²) in [5.41, 5.74) is 2.51. The van der Waals surface area contributed by atoms with Crippen LogP contribution >= 0.6 is 0 Å². The van der Waals surface area contributed by atoms with E-state index < -0.39 is 0 Å². The van der Waals surface area contributed by atoms with Crippen molar-refractivity contribution in [2.24, 2.45) is 0 Å². The molecular weight excluding hydrogens is 358 g/mol. The van der Waals surface area contributed by atoms with Crippen molar-refractivity contribution in [3.8, 4) is 11.5 Å². The molecule has 0 spiro atoms. The summed E-state index contributed by atoms with van der Waals surface area (Å²) in [6, 6.07) is 21.5. The van der Waals surface area contributed by atoms with Gasteiger partial charge in [0.1, 0.15) is 6.10 Å². The van der Waals surface area contributed by atoms with Crippen molar-refractivity contribution in [3.05, 3.63) is 83.9 Å². The molecule has 0 saturated carbocycles. The molecule has 3 aromatic carbocycles. The lowest BCUT2D eigenvalue weighted by Gasteiger charge is -2.21.